The molecule has 2 aromatic heterocycles. The Hall–Kier alpha value is -2.26. The molecule has 2 N–H and O–H groups in total. The van der Waals surface area contributed by atoms with Crippen LogP contribution in [0.4, 0.5) is 5.69 Å². The molecule has 1 aromatic carbocycles. The molecular weight excluding hydrogens is 318 g/mol. The lowest BCUT2D eigenvalue weighted by molar-refractivity contribution is 0.656. The van der Waals surface area contributed by atoms with Gasteiger partial charge >= 0.3 is 0 Å². The molecule has 1 aliphatic rings. The molecule has 3 nitrogen and oxygen atoms in total. The summed E-state index contributed by atoms with van der Waals surface area (Å²) in [5.41, 5.74) is 8.70. The van der Waals surface area contributed by atoms with Crippen molar-refractivity contribution in [3.05, 3.63) is 71.0 Å². The van der Waals surface area contributed by atoms with Crippen molar-refractivity contribution >= 4 is 11.2 Å². The monoisotopic (exact) mass is 347 g/mol. The molecule has 2 heterocycles. The average Bonchev–Trinajstić information content (AvgIpc) is 3.00. The SMILES string of the molecule is CCNc1cccc(CNCCc2c3c(n4ccccc24)CCCC3)c1. The second-order valence-corrected chi connectivity index (χ2v) is 7.22. The van der Waals surface area contributed by atoms with E-state index < -0.39 is 0 Å². The van der Waals surface area contributed by atoms with Gasteiger partial charge in [0.2, 0.25) is 0 Å². The van der Waals surface area contributed by atoms with Crippen LogP contribution in [-0.2, 0) is 25.8 Å². The molecule has 0 bridgehead atoms. The predicted octanol–water partition coefficient (Wildman–Crippen LogP) is 4.58. The van der Waals surface area contributed by atoms with Gasteiger partial charge in [0, 0.05) is 36.2 Å². The van der Waals surface area contributed by atoms with Crippen molar-refractivity contribution < 1.29 is 0 Å². The summed E-state index contributed by atoms with van der Waals surface area (Å²) in [4.78, 5) is 0. The second kappa shape index (κ2) is 7.96. The van der Waals surface area contributed by atoms with Gasteiger partial charge in [0.15, 0.2) is 0 Å². The van der Waals surface area contributed by atoms with E-state index in [-0.39, 0.29) is 0 Å². The number of hydrogen-bond acceptors (Lipinski definition) is 2. The minimum Gasteiger partial charge on any atom is -0.385 e. The Bertz CT molecular complexity index is 878. The first-order chi connectivity index (χ1) is 12.9. The molecule has 0 radical (unpaired) electrons. The van der Waals surface area contributed by atoms with Gasteiger partial charge in [-0.1, -0.05) is 18.2 Å². The van der Waals surface area contributed by atoms with E-state index in [9.17, 15) is 0 Å². The Kier molecular flexibility index (Phi) is 5.26. The summed E-state index contributed by atoms with van der Waals surface area (Å²) in [7, 11) is 0. The largest absolute Gasteiger partial charge is 0.385 e. The van der Waals surface area contributed by atoms with Crippen LogP contribution in [0.2, 0.25) is 0 Å². The topological polar surface area (TPSA) is 28.5 Å². The van der Waals surface area contributed by atoms with Crippen molar-refractivity contribution in [2.24, 2.45) is 0 Å². The van der Waals surface area contributed by atoms with E-state index in [0.29, 0.717) is 0 Å². The summed E-state index contributed by atoms with van der Waals surface area (Å²) in [5, 5.41) is 7.03. The zero-order chi connectivity index (χ0) is 17.8. The van der Waals surface area contributed by atoms with Crippen molar-refractivity contribution in [3.8, 4) is 0 Å². The smallest absolute Gasteiger partial charge is 0.0488 e. The Balaban J connectivity index is 1.43. The molecule has 1 aliphatic carbocycles. The van der Waals surface area contributed by atoms with E-state index in [2.05, 4.69) is 70.6 Å². The van der Waals surface area contributed by atoms with Crippen molar-refractivity contribution in [3.63, 3.8) is 0 Å². The normalized spacial score (nSPS) is 13.7. The lowest BCUT2D eigenvalue weighted by atomic mass is 9.93. The molecular formula is C23H29N3. The fourth-order valence-electron chi connectivity index (χ4n) is 4.28. The molecule has 0 saturated heterocycles. The van der Waals surface area contributed by atoms with Crippen LogP contribution in [0.15, 0.2) is 48.7 Å². The van der Waals surface area contributed by atoms with Crippen LogP contribution in [-0.4, -0.2) is 17.5 Å². The molecule has 26 heavy (non-hydrogen) atoms. The Morgan fingerprint density at radius 3 is 2.88 bits per heavy atom. The van der Waals surface area contributed by atoms with Gasteiger partial charge < -0.3 is 15.0 Å². The molecule has 4 rings (SSSR count). The highest BCUT2D eigenvalue weighted by atomic mass is 14.9. The van der Waals surface area contributed by atoms with E-state index in [1.165, 1.54) is 42.5 Å². The number of nitrogens with zero attached hydrogens (tertiary/aromatic N) is 1. The zero-order valence-electron chi connectivity index (χ0n) is 15.7. The van der Waals surface area contributed by atoms with Gasteiger partial charge in [-0.3, -0.25) is 0 Å². The van der Waals surface area contributed by atoms with Crippen LogP contribution in [0.1, 0.15) is 42.1 Å². The summed E-state index contributed by atoms with van der Waals surface area (Å²) in [6.45, 7) is 5.04. The van der Waals surface area contributed by atoms with Crippen molar-refractivity contribution in [1.82, 2.24) is 9.72 Å². The number of aryl methyl sites for hydroxylation is 1. The maximum absolute atomic E-state index is 3.64. The zero-order valence-corrected chi connectivity index (χ0v) is 15.7. The van der Waals surface area contributed by atoms with E-state index in [4.69, 9.17) is 0 Å². The third kappa shape index (κ3) is 3.49. The lowest BCUT2D eigenvalue weighted by Crippen LogP contribution is -2.17. The first kappa shape index (κ1) is 17.2. The summed E-state index contributed by atoms with van der Waals surface area (Å²) in [6, 6.07) is 15.3. The number of anilines is 1. The van der Waals surface area contributed by atoms with Crippen LogP contribution in [0.5, 0.6) is 0 Å². The number of benzene rings is 1. The van der Waals surface area contributed by atoms with Crippen molar-refractivity contribution in [2.75, 3.05) is 18.4 Å². The van der Waals surface area contributed by atoms with Gasteiger partial charge in [-0.2, -0.15) is 0 Å². The number of fused-ring (bicyclic) bond motifs is 3. The van der Waals surface area contributed by atoms with Crippen LogP contribution in [0.3, 0.4) is 0 Å². The van der Waals surface area contributed by atoms with E-state index in [1.807, 2.05) is 0 Å². The maximum atomic E-state index is 3.64. The molecule has 0 unspecified atom stereocenters. The number of hydrogen-bond donors (Lipinski definition) is 2. The molecule has 3 aromatic rings. The van der Waals surface area contributed by atoms with Gasteiger partial charge in [-0.15, -0.1) is 0 Å². The minimum atomic E-state index is 0.924. The first-order valence-electron chi connectivity index (χ1n) is 10.00. The molecule has 0 saturated carbocycles. The fourth-order valence-corrected chi connectivity index (χ4v) is 4.28. The highest BCUT2D eigenvalue weighted by Crippen LogP contribution is 2.30. The van der Waals surface area contributed by atoms with Crippen molar-refractivity contribution in [2.45, 2.75) is 45.6 Å². The quantitative estimate of drug-likeness (QED) is 0.612. The molecule has 0 spiro atoms. The van der Waals surface area contributed by atoms with Gasteiger partial charge in [-0.25, -0.2) is 0 Å². The maximum Gasteiger partial charge on any atom is 0.0488 e. The Labute approximate surface area is 156 Å². The highest BCUT2D eigenvalue weighted by Gasteiger charge is 2.19. The first-order valence-corrected chi connectivity index (χ1v) is 10.00. The number of rotatable bonds is 7. The summed E-state index contributed by atoms with van der Waals surface area (Å²) >= 11 is 0. The molecule has 0 aliphatic heterocycles. The average molecular weight is 348 g/mol. The van der Waals surface area contributed by atoms with Crippen LogP contribution < -0.4 is 10.6 Å². The van der Waals surface area contributed by atoms with E-state index >= 15 is 0 Å². The van der Waals surface area contributed by atoms with Crippen LogP contribution in [0.25, 0.3) is 5.52 Å². The number of nitrogens with one attached hydrogen (secondary N) is 2. The number of aromatic nitrogens is 1. The van der Waals surface area contributed by atoms with Crippen molar-refractivity contribution in [1.29, 1.82) is 0 Å². The molecule has 136 valence electrons. The summed E-state index contributed by atoms with van der Waals surface area (Å²) in [5.74, 6) is 0. The molecule has 3 heteroatoms. The highest BCUT2D eigenvalue weighted by molar-refractivity contribution is 5.62. The fraction of sp³-hybridized carbons (Fsp3) is 0.391. The Morgan fingerprint density at radius 2 is 1.96 bits per heavy atom. The molecule has 0 fully saturated rings. The van der Waals surface area contributed by atoms with E-state index in [0.717, 1.165) is 26.1 Å². The Morgan fingerprint density at radius 1 is 1.04 bits per heavy atom. The van der Waals surface area contributed by atoms with Crippen LogP contribution >= 0.6 is 0 Å². The number of pyridine rings is 1. The third-order valence-corrected chi connectivity index (χ3v) is 5.45. The summed E-state index contributed by atoms with van der Waals surface area (Å²) in [6.07, 6.45) is 8.48. The van der Waals surface area contributed by atoms with Gasteiger partial charge in [0.1, 0.15) is 0 Å². The second-order valence-electron chi connectivity index (χ2n) is 7.22. The summed E-state index contributed by atoms with van der Waals surface area (Å²) < 4.78 is 2.43. The predicted molar refractivity (Wildman–Crippen MR) is 110 cm³/mol. The van der Waals surface area contributed by atoms with Gasteiger partial charge in [0.05, 0.1) is 0 Å². The van der Waals surface area contributed by atoms with Gasteiger partial charge in [0.25, 0.3) is 0 Å². The minimum absolute atomic E-state index is 0.924. The van der Waals surface area contributed by atoms with Gasteiger partial charge in [-0.05, 0) is 86.5 Å². The molecule has 0 amide bonds. The molecule has 0 atom stereocenters. The lowest BCUT2D eigenvalue weighted by Gasteiger charge is -2.13. The van der Waals surface area contributed by atoms with Crippen LogP contribution in [0, 0.1) is 0 Å². The standard InChI is InChI=1S/C23H29N3/c1-2-25-19-9-7-8-18(16-19)17-24-14-13-21-20-10-3-4-11-22(20)26-15-6-5-12-23(21)26/h5-9,12,15-16,24-25H,2-4,10-11,13-14,17H2,1H3. The third-order valence-electron chi connectivity index (χ3n) is 5.45. The van der Waals surface area contributed by atoms with E-state index in [1.54, 1.807) is 16.8 Å².